The number of hydrogen-bond donors (Lipinski definition) is 0. The van der Waals surface area contributed by atoms with E-state index in [-0.39, 0.29) is 4.90 Å². The van der Waals surface area contributed by atoms with Gasteiger partial charge in [0.15, 0.2) is 0 Å². The largest absolute Gasteiger partial charge is 0.485 e. The van der Waals surface area contributed by atoms with Gasteiger partial charge in [-0.15, -0.1) is 0 Å². The van der Waals surface area contributed by atoms with Crippen LogP contribution in [0.4, 0.5) is 13.2 Å². The van der Waals surface area contributed by atoms with Gasteiger partial charge in [-0.2, -0.15) is 13.2 Å². The van der Waals surface area contributed by atoms with Gasteiger partial charge < -0.3 is 0 Å². The molecule has 1 aliphatic rings. The molecule has 0 bridgehead atoms. The summed E-state index contributed by atoms with van der Waals surface area (Å²) >= 11 is 0. The SMILES string of the molecule is FC(F)(F)N1[CH]C=CC=C1. The molecule has 55 valence electrons. The number of allylic oxidation sites excluding steroid dienone is 2. The van der Waals surface area contributed by atoms with Crippen LogP contribution in [0.2, 0.25) is 0 Å². The number of halogens is 3. The fourth-order valence-electron chi connectivity index (χ4n) is 0.568. The van der Waals surface area contributed by atoms with Gasteiger partial charge in [0.1, 0.15) is 0 Å². The molecule has 1 rings (SSSR count). The quantitative estimate of drug-likeness (QED) is 0.475. The first-order valence-electron chi connectivity index (χ1n) is 2.64. The van der Waals surface area contributed by atoms with Gasteiger partial charge in [0.25, 0.3) is 0 Å². The molecule has 0 aliphatic carbocycles. The van der Waals surface area contributed by atoms with Crippen LogP contribution in [-0.2, 0) is 0 Å². The zero-order valence-electron chi connectivity index (χ0n) is 4.97. The van der Waals surface area contributed by atoms with Gasteiger partial charge in [0, 0.05) is 6.20 Å². The molecular weight excluding hydrogens is 143 g/mol. The Labute approximate surface area is 56.4 Å². The molecule has 4 heteroatoms. The van der Waals surface area contributed by atoms with Crippen molar-refractivity contribution in [1.82, 2.24) is 4.90 Å². The van der Waals surface area contributed by atoms with E-state index in [0.717, 1.165) is 12.7 Å². The average molecular weight is 148 g/mol. The predicted octanol–water partition coefficient (Wildman–Crippen LogP) is 2.05. The van der Waals surface area contributed by atoms with E-state index >= 15 is 0 Å². The van der Waals surface area contributed by atoms with Crippen LogP contribution in [0.15, 0.2) is 24.4 Å². The van der Waals surface area contributed by atoms with Crippen molar-refractivity contribution in [2.45, 2.75) is 6.30 Å². The van der Waals surface area contributed by atoms with E-state index in [1.54, 1.807) is 0 Å². The highest BCUT2D eigenvalue weighted by Crippen LogP contribution is 2.24. The topological polar surface area (TPSA) is 3.24 Å². The molecule has 1 aliphatic heterocycles. The predicted molar refractivity (Wildman–Crippen MR) is 30.5 cm³/mol. The molecule has 0 atom stereocenters. The molecule has 0 saturated heterocycles. The Morgan fingerprint density at radius 2 is 1.70 bits per heavy atom. The van der Waals surface area contributed by atoms with E-state index in [0.29, 0.717) is 0 Å². The molecule has 0 N–H and O–H groups in total. The molecule has 0 aromatic rings. The number of hydrogen-bond acceptors (Lipinski definition) is 1. The zero-order valence-corrected chi connectivity index (χ0v) is 4.97. The van der Waals surface area contributed by atoms with Crippen LogP contribution in [-0.4, -0.2) is 11.2 Å². The fourth-order valence-corrected chi connectivity index (χ4v) is 0.568. The summed E-state index contributed by atoms with van der Waals surface area (Å²) < 4.78 is 35.3. The van der Waals surface area contributed by atoms with Crippen molar-refractivity contribution in [2.24, 2.45) is 0 Å². The van der Waals surface area contributed by atoms with E-state index in [4.69, 9.17) is 0 Å². The van der Waals surface area contributed by atoms with Crippen LogP contribution in [0, 0.1) is 6.54 Å². The molecule has 0 saturated carbocycles. The molecule has 1 heterocycles. The molecule has 1 nitrogen and oxygen atoms in total. The first-order chi connectivity index (χ1) is 4.61. The maximum Gasteiger partial charge on any atom is 0.485 e. The zero-order chi connectivity index (χ0) is 7.61. The van der Waals surface area contributed by atoms with E-state index in [1.807, 2.05) is 0 Å². The molecule has 0 fully saturated rings. The van der Waals surface area contributed by atoms with E-state index in [1.165, 1.54) is 18.2 Å². The van der Waals surface area contributed by atoms with E-state index < -0.39 is 6.30 Å². The third-order valence-electron chi connectivity index (χ3n) is 1.01. The van der Waals surface area contributed by atoms with Crippen LogP contribution < -0.4 is 0 Å². The maximum atomic E-state index is 11.8. The highest BCUT2D eigenvalue weighted by Gasteiger charge is 2.34. The monoisotopic (exact) mass is 148 g/mol. The average Bonchev–Trinajstić information content (AvgIpc) is 1.88. The highest BCUT2D eigenvalue weighted by atomic mass is 19.4. The minimum absolute atomic E-state index is 0.188. The standard InChI is InChI=1S/C6H5F3N/c7-6(8,9)10-4-2-1-3-5-10/h1-5H. The lowest BCUT2D eigenvalue weighted by Crippen LogP contribution is -2.31. The molecular formula is C6H5F3N. The summed E-state index contributed by atoms with van der Waals surface area (Å²) in [6, 6.07) is 0. The summed E-state index contributed by atoms with van der Waals surface area (Å²) in [7, 11) is 0. The molecule has 0 aromatic carbocycles. The first kappa shape index (κ1) is 7.18. The van der Waals surface area contributed by atoms with Crippen LogP contribution in [0.3, 0.4) is 0 Å². The molecule has 0 unspecified atom stereocenters. The Morgan fingerprint density at radius 1 is 1.00 bits per heavy atom. The van der Waals surface area contributed by atoms with Gasteiger partial charge in [0.2, 0.25) is 0 Å². The summed E-state index contributed by atoms with van der Waals surface area (Å²) in [5.74, 6) is 0. The van der Waals surface area contributed by atoms with Crippen molar-refractivity contribution in [3.63, 3.8) is 0 Å². The van der Waals surface area contributed by atoms with E-state index in [2.05, 4.69) is 0 Å². The smallest absolute Gasteiger partial charge is 0.282 e. The van der Waals surface area contributed by atoms with Crippen LogP contribution in [0.25, 0.3) is 0 Å². The van der Waals surface area contributed by atoms with Gasteiger partial charge in [-0.25, -0.2) is 0 Å². The van der Waals surface area contributed by atoms with Crippen molar-refractivity contribution < 1.29 is 13.2 Å². The highest BCUT2D eigenvalue weighted by molar-refractivity contribution is 5.14. The summed E-state index contributed by atoms with van der Waals surface area (Å²) in [5, 5.41) is 0. The Balaban J connectivity index is 2.60. The Kier molecular flexibility index (Phi) is 1.70. The van der Waals surface area contributed by atoms with Gasteiger partial charge >= 0.3 is 6.30 Å². The van der Waals surface area contributed by atoms with Gasteiger partial charge in [-0.3, -0.25) is 4.90 Å². The summed E-state index contributed by atoms with van der Waals surface area (Å²) in [4.78, 5) is 0.188. The second-order valence-corrected chi connectivity index (χ2v) is 1.75. The second-order valence-electron chi connectivity index (χ2n) is 1.75. The summed E-state index contributed by atoms with van der Waals surface area (Å²) in [6.07, 6.45) is 0.852. The van der Waals surface area contributed by atoms with Crippen LogP contribution in [0.1, 0.15) is 0 Å². The third kappa shape index (κ3) is 1.52. The van der Waals surface area contributed by atoms with Crippen molar-refractivity contribution in [2.75, 3.05) is 0 Å². The number of nitrogens with zero attached hydrogens (tertiary/aromatic N) is 1. The third-order valence-corrected chi connectivity index (χ3v) is 1.01. The van der Waals surface area contributed by atoms with Crippen molar-refractivity contribution >= 4 is 0 Å². The maximum absolute atomic E-state index is 11.8. The molecule has 1 radical (unpaired) electrons. The van der Waals surface area contributed by atoms with Crippen LogP contribution >= 0.6 is 0 Å². The molecule has 0 aromatic heterocycles. The lowest BCUT2D eigenvalue weighted by molar-refractivity contribution is -0.215. The van der Waals surface area contributed by atoms with E-state index in [9.17, 15) is 13.2 Å². The number of rotatable bonds is 0. The van der Waals surface area contributed by atoms with Gasteiger partial charge in [-0.1, -0.05) is 12.2 Å². The van der Waals surface area contributed by atoms with Crippen molar-refractivity contribution in [3.05, 3.63) is 31.0 Å². The number of alkyl halides is 3. The minimum atomic E-state index is -4.29. The lowest BCUT2D eigenvalue weighted by atomic mass is 10.4. The minimum Gasteiger partial charge on any atom is -0.282 e. The lowest BCUT2D eigenvalue weighted by Gasteiger charge is -2.21. The second kappa shape index (κ2) is 2.36. The summed E-state index contributed by atoms with van der Waals surface area (Å²) in [6.45, 7) is 0.958. The normalized spacial score (nSPS) is 18.1. The first-order valence-corrected chi connectivity index (χ1v) is 2.64. The van der Waals surface area contributed by atoms with Crippen molar-refractivity contribution in [1.29, 1.82) is 0 Å². The molecule has 0 spiro atoms. The van der Waals surface area contributed by atoms with Crippen molar-refractivity contribution in [3.8, 4) is 0 Å². The molecule has 10 heavy (non-hydrogen) atoms. The van der Waals surface area contributed by atoms with Gasteiger partial charge in [-0.05, 0) is 6.08 Å². The Hall–Kier alpha value is -0.930. The van der Waals surface area contributed by atoms with Crippen LogP contribution in [0.5, 0.6) is 0 Å². The Bertz CT molecular complexity index is 168. The Morgan fingerprint density at radius 3 is 2.00 bits per heavy atom. The molecule has 0 amide bonds. The van der Waals surface area contributed by atoms with Gasteiger partial charge in [0.05, 0.1) is 6.54 Å². The summed E-state index contributed by atoms with van der Waals surface area (Å²) in [5.41, 5.74) is 0. The fraction of sp³-hybridized carbons (Fsp3) is 0.167.